The molecule has 0 aliphatic carbocycles. The number of aryl methyl sites for hydroxylation is 3. The molecule has 0 spiro atoms. The summed E-state index contributed by atoms with van der Waals surface area (Å²) in [4.78, 5) is 29.2. The monoisotopic (exact) mass is 597 g/mol. The number of rotatable bonds is 10. The van der Waals surface area contributed by atoms with Gasteiger partial charge in [0.2, 0.25) is 11.8 Å². The molecule has 2 amide bonds. The van der Waals surface area contributed by atoms with Gasteiger partial charge in [0, 0.05) is 17.1 Å². The number of carbonyl (C=O) groups excluding carboxylic acids is 2. The Morgan fingerprint density at radius 3 is 2.10 bits per heavy atom. The number of benzene rings is 3. The number of sulfonamides is 1. The van der Waals surface area contributed by atoms with E-state index in [1.165, 1.54) is 4.90 Å². The lowest BCUT2D eigenvalue weighted by molar-refractivity contribution is -0.141. The molecule has 0 heterocycles. The zero-order valence-corrected chi connectivity index (χ0v) is 26.4. The zero-order chi connectivity index (χ0) is 30.5. The van der Waals surface area contributed by atoms with Gasteiger partial charge < -0.3 is 10.2 Å². The van der Waals surface area contributed by atoms with Crippen molar-refractivity contribution in [1.82, 2.24) is 10.2 Å². The molecular formula is C32H40ClN3O4S. The third-order valence-corrected chi connectivity index (χ3v) is 8.83. The minimum atomic E-state index is -4.14. The average molecular weight is 598 g/mol. The highest BCUT2D eigenvalue weighted by Crippen LogP contribution is 2.29. The Labute approximate surface area is 249 Å². The van der Waals surface area contributed by atoms with Gasteiger partial charge in [0.15, 0.2) is 0 Å². The van der Waals surface area contributed by atoms with Crippen LogP contribution in [-0.2, 0) is 26.2 Å². The zero-order valence-electron chi connectivity index (χ0n) is 24.9. The summed E-state index contributed by atoms with van der Waals surface area (Å²) in [5, 5.41) is 3.42. The summed E-state index contributed by atoms with van der Waals surface area (Å²) < 4.78 is 29.3. The molecule has 3 aromatic rings. The summed E-state index contributed by atoms with van der Waals surface area (Å²) in [5.74, 6) is -0.837. The van der Waals surface area contributed by atoms with Crippen LogP contribution in [0.1, 0.15) is 56.4 Å². The number of nitrogens with one attached hydrogen (secondary N) is 1. The van der Waals surface area contributed by atoms with Gasteiger partial charge >= 0.3 is 0 Å². The molecule has 1 atom stereocenters. The Morgan fingerprint density at radius 1 is 0.927 bits per heavy atom. The largest absolute Gasteiger partial charge is 0.350 e. The molecule has 3 aromatic carbocycles. The second kappa shape index (κ2) is 13.1. The molecule has 1 N–H and O–H groups in total. The van der Waals surface area contributed by atoms with E-state index in [9.17, 15) is 18.0 Å². The van der Waals surface area contributed by atoms with Gasteiger partial charge in [0.05, 0.1) is 10.6 Å². The van der Waals surface area contributed by atoms with Gasteiger partial charge in [-0.15, -0.1) is 0 Å². The van der Waals surface area contributed by atoms with Crippen molar-refractivity contribution in [2.45, 2.75) is 77.9 Å². The molecule has 220 valence electrons. The normalized spacial score (nSPS) is 12.5. The van der Waals surface area contributed by atoms with Crippen LogP contribution >= 0.6 is 11.6 Å². The van der Waals surface area contributed by atoms with E-state index in [0.717, 1.165) is 15.4 Å². The van der Waals surface area contributed by atoms with E-state index in [1.54, 1.807) is 48.5 Å². The summed E-state index contributed by atoms with van der Waals surface area (Å²) in [5.41, 5.74) is 3.13. The molecule has 3 rings (SSSR count). The summed E-state index contributed by atoms with van der Waals surface area (Å²) in [6.07, 6.45) is 0.326. The van der Waals surface area contributed by atoms with Crippen molar-refractivity contribution >= 4 is 39.1 Å². The van der Waals surface area contributed by atoms with Crippen LogP contribution in [0.15, 0.2) is 71.6 Å². The Hall–Kier alpha value is -3.36. The molecule has 7 nitrogen and oxygen atoms in total. The molecule has 0 aliphatic heterocycles. The molecule has 0 aromatic heterocycles. The Bertz CT molecular complexity index is 1500. The molecule has 0 saturated heterocycles. The second-order valence-electron chi connectivity index (χ2n) is 11.4. The number of hydrogen-bond donors (Lipinski definition) is 1. The van der Waals surface area contributed by atoms with Gasteiger partial charge in [-0.05, 0) is 83.4 Å². The van der Waals surface area contributed by atoms with E-state index in [0.29, 0.717) is 28.3 Å². The first kappa shape index (κ1) is 32.2. The first-order chi connectivity index (χ1) is 19.1. The number of anilines is 1. The lowest BCUT2D eigenvalue weighted by Crippen LogP contribution is -2.55. The van der Waals surface area contributed by atoms with Crippen LogP contribution in [0.5, 0.6) is 0 Å². The summed E-state index contributed by atoms with van der Waals surface area (Å²) in [6, 6.07) is 18.2. The summed E-state index contributed by atoms with van der Waals surface area (Å²) >= 11 is 6.46. The van der Waals surface area contributed by atoms with Crippen molar-refractivity contribution in [1.29, 1.82) is 0 Å². The Kier molecular flexibility index (Phi) is 10.3. The third kappa shape index (κ3) is 8.11. The molecule has 9 heteroatoms. The first-order valence-electron chi connectivity index (χ1n) is 13.7. The van der Waals surface area contributed by atoms with Crippen molar-refractivity contribution in [3.8, 4) is 0 Å². The van der Waals surface area contributed by atoms with Gasteiger partial charge in [0.1, 0.15) is 12.6 Å². The smallest absolute Gasteiger partial charge is 0.264 e. The molecule has 0 fully saturated rings. The maximum atomic E-state index is 14.2. The second-order valence-corrected chi connectivity index (χ2v) is 13.7. The number of nitrogens with zero attached hydrogens (tertiary/aromatic N) is 2. The van der Waals surface area contributed by atoms with Crippen LogP contribution in [0.3, 0.4) is 0 Å². The molecule has 0 radical (unpaired) electrons. The molecule has 0 saturated carbocycles. The maximum absolute atomic E-state index is 14.2. The fourth-order valence-corrected chi connectivity index (χ4v) is 6.29. The van der Waals surface area contributed by atoms with E-state index in [2.05, 4.69) is 5.32 Å². The Morgan fingerprint density at radius 2 is 1.54 bits per heavy atom. The molecular weight excluding hydrogens is 558 g/mol. The lowest BCUT2D eigenvalue weighted by Gasteiger charge is -2.35. The van der Waals surface area contributed by atoms with Crippen LogP contribution < -0.4 is 9.62 Å². The summed E-state index contributed by atoms with van der Waals surface area (Å²) in [7, 11) is -4.14. The quantitative estimate of drug-likeness (QED) is 0.302. The average Bonchev–Trinajstić information content (AvgIpc) is 2.87. The third-order valence-electron chi connectivity index (χ3n) is 6.69. The van der Waals surface area contributed by atoms with Crippen molar-refractivity contribution in [3.63, 3.8) is 0 Å². The van der Waals surface area contributed by atoms with E-state index in [1.807, 2.05) is 66.7 Å². The maximum Gasteiger partial charge on any atom is 0.264 e. The minimum Gasteiger partial charge on any atom is -0.350 e. The van der Waals surface area contributed by atoms with E-state index in [4.69, 9.17) is 11.6 Å². The minimum absolute atomic E-state index is 0.0415. The number of hydrogen-bond acceptors (Lipinski definition) is 4. The fourth-order valence-electron chi connectivity index (χ4n) is 4.62. The highest BCUT2D eigenvalue weighted by Gasteiger charge is 2.35. The molecule has 0 unspecified atom stereocenters. The van der Waals surface area contributed by atoms with Crippen molar-refractivity contribution in [3.05, 3.63) is 94.0 Å². The molecule has 0 bridgehead atoms. The van der Waals surface area contributed by atoms with Gasteiger partial charge in [-0.2, -0.15) is 0 Å². The van der Waals surface area contributed by atoms with Crippen molar-refractivity contribution < 1.29 is 18.0 Å². The first-order valence-corrected chi connectivity index (χ1v) is 15.5. The van der Waals surface area contributed by atoms with Gasteiger partial charge in [-0.3, -0.25) is 13.9 Å². The van der Waals surface area contributed by atoms with Crippen LogP contribution in [-0.4, -0.2) is 43.3 Å². The van der Waals surface area contributed by atoms with Crippen molar-refractivity contribution in [2.24, 2.45) is 0 Å². The lowest BCUT2D eigenvalue weighted by atomic mass is 10.1. The fraction of sp³-hybridized carbons (Fsp3) is 0.375. The van der Waals surface area contributed by atoms with Crippen LogP contribution in [0.25, 0.3) is 0 Å². The van der Waals surface area contributed by atoms with Gasteiger partial charge in [-0.25, -0.2) is 8.42 Å². The SMILES string of the molecule is CC[C@H](C(=O)NC(C)(C)C)N(Cc1ccccc1Cl)C(=O)CN(c1ccc(C)cc1C)S(=O)(=O)c1ccc(C)cc1. The van der Waals surface area contributed by atoms with Crippen LogP contribution in [0, 0.1) is 20.8 Å². The Balaban J connectivity index is 2.12. The predicted octanol–water partition coefficient (Wildman–Crippen LogP) is 6.18. The molecule has 0 aliphatic rings. The molecule has 41 heavy (non-hydrogen) atoms. The highest BCUT2D eigenvalue weighted by molar-refractivity contribution is 7.92. The van der Waals surface area contributed by atoms with E-state index < -0.39 is 34.1 Å². The van der Waals surface area contributed by atoms with Crippen molar-refractivity contribution in [2.75, 3.05) is 10.8 Å². The number of carbonyl (C=O) groups is 2. The predicted molar refractivity (Wildman–Crippen MR) is 166 cm³/mol. The highest BCUT2D eigenvalue weighted by atomic mass is 35.5. The number of amides is 2. The number of halogens is 1. The van der Waals surface area contributed by atoms with E-state index in [-0.39, 0.29) is 17.3 Å². The topological polar surface area (TPSA) is 86.8 Å². The van der Waals surface area contributed by atoms with Gasteiger partial charge in [-0.1, -0.05) is 72.1 Å². The van der Waals surface area contributed by atoms with Gasteiger partial charge in [0.25, 0.3) is 10.0 Å². The standard InChI is InChI=1S/C32H40ClN3O4S/c1-8-28(31(38)34-32(5,6)7)35(20-25-11-9-10-12-27(25)33)30(37)21-36(29-18-15-23(3)19-24(29)4)41(39,40)26-16-13-22(2)14-17-26/h9-19,28H,8,20-21H2,1-7H3,(H,34,38)/t28-/m1/s1. The summed E-state index contributed by atoms with van der Waals surface area (Å²) in [6.45, 7) is 12.6. The van der Waals surface area contributed by atoms with Crippen LogP contribution in [0.2, 0.25) is 5.02 Å². The van der Waals surface area contributed by atoms with Crippen LogP contribution in [0.4, 0.5) is 5.69 Å². The van der Waals surface area contributed by atoms with E-state index >= 15 is 0 Å².